The van der Waals surface area contributed by atoms with E-state index < -0.39 is 18.3 Å². The topological polar surface area (TPSA) is 66.0 Å². The average Bonchev–Trinajstić information content (AvgIpc) is 2.97. The molecule has 178 valence electrons. The number of esters is 1. The first-order valence-electron chi connectivity index (χ1n) is 10.5. The summed E-state index contributed by atoms with van der Waals surface area (Å²) in [6.07, 6.45) is 0.551. The van der Waals surface area contributed by atoms with Crippen molar-refractivity contribution in [1.82, 2.24) is 15.5 Å². The lowest BCUT2D eigenvalue weighted by Crippen LogP contribution is -2.45. The Morgan fingerprint density at radius 1 is 1.17 bits per heavy atom. The van der Waals surface area contributed by atoms with Crippen LogP contribution in [0.2, 0.25) is 0 Å². The number of ether oxygens (including phenoxy) is 1. The second-order valence-electron chi connectivity index (χ2n) is 8.49. The number of unbranched alkanes of at least 4 members (excludes halogenated alkanes) is 3. The van der Waals surface area contributed by atoms with E-state index in [0.717, 1.165) is 25.7 Å². The van der Waals surface area contributed by atoms with Crippen LogP contribution in [0.25, 0.3) is 0 Å². The van der Waals surface area contributed by atoms with Gasteiger partial charge in [-0.1, -0.05) is 12.8 Å². The molecule has 0 radical (unpaired) electrons. The number of nitrogens with one attached hydrogen (secondary N) is 2. The standard InChI is InChI=1S/C20H37F3N4O2.HI/c1-5-24-18(26-16-11-13-27(14-16)15-20(21,22)23)25-12-9-7-6-8-10-17(28)29-19(2,3)4;/h16H,5-15H2,1-4H3,(H2,24,25,26);1H. The van der Waals surface area contributed by atoms with Crippen molar-refractivity contribution in [2.24, 2.45) is 4.99 Å². The Morgan fingerprint density at radius 2 is 1.83 bits per heavy atom. The number of guanidine groups is 1. The Hall–Kier alpha value is -0.780. The molecule has 1 aliphatic rings. The Labute approximate surface area is 195 Å². The lowest BCUT2D eigenvalue weighted by atomic mass is 10.1. The van der Waals surface area contributed by atoms with Crippen LogP contribution < -0.4 is 10.6 Å². The lowest BCUT2D eigenvalue weighted by Gasteiger charge is -2.19. The predicted octanol–water partition coefficient (Wildman–Crippen LogP) is 4.09. The van der Waals surface area contributed by atoms with E-state index in [1.165, 1.54) is 4.90 Å². The third-order valence-electron chi connectivity index (χ3n) is 4.34. The summed E-state index contributed by atoms with van der Waals surface area (Å²) in [5, 5.41) is 6.39. The smallest absolute Gasteiger partial charge is 0.401 e. The molecule has 1 aliphatic heterocycles. The molecule has 0 aromatic heterocycles. The molecular formula is C20H38F3IN4O2. The number of likely N-dealkylation sites (tertiary alicyclic amines) is 1. The highest BCUT2D eigenvalue weighted by atomic mass is 127. The number of rotatable bonds is 10. The second-order valence-corrected chi connectivity index (χ2v) is 8.49. The molecule has 0 bridgehead atoms. The average molecular weight is 550 g/mol. The van der Waals surface area contributed by atoms with Crippen LogP contribution in [0.3, 0.4) is 0 Å². The molecule has 6 nitrogen and oxygen atoms in total. The summed E-state index contributed by atoms with van der Waals surface area (Å²) < 4.78 is 42.8. The summed E-state index contributed by atoms with van der Waals surface area (Å²) in [6.45, 7) is 8.82. The normalized spacial score (nSPS) is 18.1. The molecule has 0 spiro atoms. The summed E-state index contributed by atoms with van der Waals surface area (Å²) in [5.41, 5.74) is -0.440. The van der Waals surface area contributed by atoms with Gasteiger partial charge in [-0.2, -0.15) is 13.2 Å². The second kappa shape index (κ2) is 14.3. The van der Waals surface area contributed by atoms with Gasteiger partial charge >= 0.3 is 12.1 Å². The van der Waals surface area contributed by atoms with Crippen molar-refractivity contribution in [3.63, 3.8) is 0 Å². The fourth-order valence-electron chi connectivity index (χ4n) is 3.18. The lowest BCUT2D eigenvalue weighted by molar-refractivity contribution is -0.155. The van der Waals surface area contributed by atoms with Crippen LogP contribution in [0.4, 0.5) is 13.2 Å². The zero-order valence-corrected chi connectivity index (χ0v) is 20.9. The molecule has 1 fully saturated rings. The van der Waals surface area contributed by atoms with Gasteiger partial charge < -0.3 is 15.4 Å². The third-order valence-corrected chi connectivity index (χ3v) is 4.34. The number of aliphatic imine (C=N–C) groups is 1. The van der Waals surface area contributed by atoms with Crippen molar-refractivity contribution in [2.75, 3.05) is 32.7 Å². The maximum atomic E-state index is 12.5. The van der Waals surface area contributed by atoms with E-state index in [9.17, 15) is 18.0 Å². The number of nitrogens with zero attached hydrogens (tertiary/aromatic N) is 2. The minimum atomic E-state index is -4.16. The van der Waals surface area contributed by atoms with Crippen molar-refractivity contribution in [2.45, 2.75) is 84.0 Å². The van der Waals surface area contributed by atoms with Gasteiger partial charge in [0, 0.05) is 38.6 Å². The highest BCUT2D eigenvalue weighted by Gasteiger charge is 2.34. The third kappa shape index (κ3) is 15.1. The summed E-state index contributed by atoms with van der Waals surface area (Å²) in [4.78, 5) is 17.6. The van der Waals surface area contributed by atoms with Crippen LogP contribution in [-0.4, -0.2) is 67.4 Å². The zero-order chi connectivity index (χ0) is 21.9. The Kier molecular flexibility index (Phi) is 13.9. The molecule has 0 aromatic rings. The Bertz CT molecular complexity index is 525. The molecule has 1 atom stereocenters. The summed E-state index contributed by atoms with van der Waals surface area (Å²) in [6, 6.07) is -0.0241. The number of alkyl halides is 3. The van der Waals surface area contributed by atoms with Gasteiger partial charge in [-0.3, -0.25) is 14.7 Å². The van der Waals surface area contributed by atoms with Crippen LogP contribution in [0.1, 0.15) is 66.2 Å². The molecule has 1 saturated heterocycles. The van der Waals surface area contributed by atoms with Gasteiger partial charge in [-0.25, -0.2) is 0 Å². The summed E-state index contributed by atoms with van der Waals surface area (Å²) >= 11 is 0. The van der Waals surface area contributed by atoms with Crippen LogP contribution >= 0.6 is 24.0 Å². The molecule has 10 heteroatoms. The molecule has 0 aliphatic carbocycles. The van der Waals surface area contributed by atoms with E-state index in [1.807, 2.05) is 27.7 Å². The number of carbonyl (C=O) groups excluding carboxylic acids is 1. The number of hydrogen-bond acceptors (Lipinski definition) is 4. The monoisotopic (exact) mass is 550 g/mol. The molecule has 30 heavy (non-hydrogen) atoms. The molecule has 0 aromatic carbocycles. The number of hydrogen-bond donors (Lipinski definition) is 2. The van der Waals surface area contributed by atoms with Gasteiger partial charge in [0.1, 0.15) is 5.60 Å². The van der Waals surface area contributed by atoms with Gasteiger partial charge in [0.25, 0.3) is 0 Å². The van der Waals surface area contributed by atoms with Crippen molar-refractivity contribution in [1.29, 1.82) is 0 Å². The highest BCUT2D eigenvalue weighted by Crippen LogP contribution is 2.20. The van der Waals surface area contributed by atoms with Crippen LogP contribution in [0, 0.1) is 0 Å². The van der Waals surface area contributed by atoms with Crippen molar-refractivity contribution in [3.05, 3.63) is 0 Å². The van der Waals surface area contributed by atoms with Crippen molar-refractivity contribution in [3.8, 4) is 0 Å². The van der Waals surface area contributed by atoms with Gasteiger partial charge in [-0.05, 0) is 47.0 Å². The van der Waals surface area contributed by atoms with Crippen LogP contribution in [0.15, 0.2) is 4.99 Å². The van der Waals surface area contributed by atoms with Gasteiger partial charge in [0.2, 0.25) is 0 Å². The van der Waals surface area contributed by atoms with Gasteiger partial charge in [0.05, 0.1) is 6.54 Å². The molecular weight excluding hydrogens is 512 g/mol. The molecule has 0 amide bonds. The van der Waals surface area contributed by atoms with Crippen molar-refractivity contribution < 1.29 is 22.7 Å². The largest absolute Gasteiger partial charge is 0.460 e. The summed E-state index contributed by atoms with van der Waals surface area (Å²) in [7, 11) is 0. The first-order valence-corrected chi connectivity index (χ1v) is 10.5. The first kappa shape index (κ1) is 29.2. The van der Waals surface area contributed by atoms with E-state index in [0.29, 0.717) is 45.0 Å². The number of halogens is 4. The minimum absolute atomic E-state index is 0. The van der Waals surface area contributed by atoms with E-state index >= 15 is 0 Å². The summed E-state index contributed by atoms with van der Waals surface area (Å²) in [5.74, 6) is 0.491. The maximum absolute atomic E-state index is 12.5. The predicted molar refractivity (Wildman–Crippen MR) is 124 cm³/mol. The van der Waals surface area contributed by atoms with Crippen LogP contribution in [-0.2, 0) is 9.53 Å². The highest BCUT2D eigenvalue weighted by molar-refractivity contribution is 14.0. The van der Waals surface area contributed by atoms with E-state index in [1.54, 1.807) is 0 Å². The van der Waals surface area contributed by atoms with E-state index in [2.05, 4.69) is 15.6 Å². The number of carbonyl (C=O) groups is 1. The molecule has 1 rings (SSSR count). The van der Waals surface area contributed by atoms with Crippen molar-refractivity contribution >= 4 is 35.9 Å². The Morgan fingerprint density at radius 3 is 2.43 bits per heavy atom. The maximum Gasteiger partial charge on any atom is 0.401 e. The fourth-order valence-corrected chi connectivity index (χ4v) is 3.18. The van der Waals surface area contributed by atoms with E-state index in [4.69, 9.17) is 4.74 Å². The first-order chi connectivity index (χ1) is 13.5. The molecule has 0 saturated carbocycles. The van der Waals surface area contributed by atoms with Crippen LogP contribution in [0.5, 0.6) is 0 Å². The quantitative estimate of drug-likeness (QED) is 0.141. The van der Waals surface area contributed by atoms with Gasteiger partial charge in [0.15, 0.2) is 5.96 Å². The molecule has 1 unspecified atom stereocenters. The van der Waals surface area contributed by atoms with E-state index in [-0.39, 0.29) is 36.0 Å². The SMILES string of the molecule is CCNC(=NCCCCCCC(=O)OC(C)(C)C)NC1CCN(CC(F)(F)F)C1.I. The molecule has 2 N–H and O–H groups in total. The van der Waals surface area contributed by atoms with Gasteiger partial charge in [-0.15, -0.1) is 24.0 Å². The fraction of sp³-hybridized carbons (Fsp3) is 0.900. The zero-order valence-electron chi connectivity index (χ0n) is 18.6. The molecule has 1 heterocycles. The minimum Gasteiger partial charge on any atom is -0.460 e. The Balaban J connectivity index is 0.00000841.